The highest BCUT2D eigenvalue weighted by Crippen LogP contribution is 2.69. The molecule has 5 heteroatoms. The highest BCUT2D eigenvalue weighted by Gasteiger charge is 2.67. The van der Waals surface area contributed by atoms with Gasteiger partial charge in [0.25, 0.3) is 0 Å². The maximum absolute atomic E-state index is 12.2. The van der Waals surface area contributed by atoms with Gasteiger partial charge in [0.15, 0.2) is 0 Å². The van der Waals surface area contributed by atoms with Gasteiger partial charge in [-0.3, -0.25) is 4.79 Å². The standard InChI is InChI=1S/C25H36O5/c1-15(26)30-18-6-9-23(2)17(13-18)4-5-21-20(23)7-10-24(3)19(8-11-25(21,24)28)16-12-22(27)29-14-16/h12,17-21,28H,4-11,13-14H2,1-3H3/t17-,18+,19+,20-,21+,23+,24-,25+/m1/s1. The van der Waals surface area contributed by atoms with Gasteiger partial charge in [-0.25, -0.2) is 4.79 Å². The van der Waals surface area contributed by atoms with Gasteiger partial charge in [-0.1, -0.05) is 13.8 Å². The van der Waals surface area contributed by atoms with E-state index in [0.29, 0.717) is 24.4 Å². The van der Waals surface area contributed by atoms with Crippen molar-refractivity contribution in [1.29, 1.82) is 0 Å². The van der Waals surface area contributed by atoms with Crippen LogP contribution in [0.15, 0.2) is 11.6 Å². The lowest BCUT2D eigenvalue weighted by molar-refractivity contribution is -0.209. The van der Waals surface area contributed by atoms with Crippen LogP contribution in [0.3, 0.4) is 0 Å². The number of carbonyl (C=O) groups is 2. The molecule has 0 aromatic carbocycles. The van der Waals surface area contributed by atoms with Crippen LogP contribution in [0.1, 0.15) is 78.6 Å². The summed E-state index contributed by atoms with van der Waals surface area (Å²) < 4.78 is 10.8. The topological polar surface area (TPSA) is 72.8 Å². The Balaban J connectivity index is 1.40. The van der Waals surface area contributed by atoms with E-state index in [1.807, 2.05) is 0 Å². The molecular weight excluding hydrogens is 380 g/mol. The van der Waals surface area contributed by atoms with Crippen molar-refractivity contribution >= 4 is 11.9 Å². The van der Waals surface area contributed by atoms with Crippen LogP contribution in [0.25, 0.3) is 0 Å². The summed E-state index contributed by atoms with van der Waals surface area (Å²) in [6, 6.07) is 0. The van der Waals surface area contributed by atoms with Gasteiger partial charge >= 0.3 is 11.9 Å². The van der Waals surface area contributed by atoms with Crippen molar-refractivity contribution in [2.75, 3.05) is 6.61 Å². The van der Waals surface area contributed by atoms with E-state index < -0.39 is 5.60 Å². The molecule has 166 valence electrons. The van der Waals surface area contributed by atoms with Crippen molar-refractivity contribution in [1.82, 2.24) is 0 Å². The molecule has 1 N–H and O–H groups in total. The Morgan fingerprint density at radius 2 is 1.90 bits per heavy atom. The lowest BCUT2D eigenvalue weighted by Crippen LogP contribution is -2.62. The number of fused-ring (bicyclic) bond motifs is 5. The van der Waals surface area contributed by atoms with Crippen LogP contribution in [-0.4, -0.2) is 35.4 Å². The molecule has 1 aliphatic heterocycles. The van der Waals surface area contributed by atoms with Crippen molar-refractivity contribution in [3.8, 4) is 0 Å². The van der Waals surface area contributed by atoms with Crippen LogP contribution >= 0.6 is 0 Å². The van der Waals surface area contributed by atoms with E-state index >= 15 is 0 Å². The first kappa shape index (κ1) is 20.5. The lowest BCUT2D eigenvalue weighted by atomic mass is 9.43. The molecule has 4 fully saturated rings. The first-order valence-corrected chi connectivity index (χ1v) is 11.9. The van der Waals surface area contributed by atoms with E-state index in [2.05, 4.69) is 13.8 Å². The van der Waals surface area contributed by atoms with E-state index in [4.69, 9.17) is 9.47 Å². The molecule has 4 saturated carbocycles. The molecule has 0 amide bonds. The zero-order valence-electron chi connectivity index (χ0n) is 18.6. The Hall–Kier alpha value is -1.36. The van der Waals surface area contributed by atoms with Crippen molar-refractivity contribution in [2.45, 2.75) is 90.3 Å². The van der Waals surface area contributed by atoms with Crippen molar-refractivity contribution < 1.29 is 24.2 Å². The Morgan fingerprint density at radius 3 is 2.60 bits per heavy atom. The normalized spacial score (nSPS) is 50.1. The predicted molar refractivity (Wildman–Crippen MR) is 111 cm³/mol. The second kappa shape index (κ2) is 6.82. The first-order chi connectivity index (χ1) is 14.2. The molecule has 0 bridgehead atoms. The van der Waals surface area contributed by atoms with Gasteiger partial charge in [-0.2, -0.15) is 0 Å². The van der Waals surface area contributed by atoms with Crippen LogP contribution in [0, 0.1) is 34.5 Å². The number of carbonyl (C=O) groups excluding carboxylic acids is 2. The number of cyclic esters (lactones) is 1. The molecule has 30 heavy (non-hydrogen) atoms. The van der Waals surface area contributed by atoms with Gasteiger partial charge < -0.3 is 14.6 Å². The number of ether oxygens (including phenoxy) is 2. The van der Waals surface area contributed by atoms with E-state index in [1.165, 1.54) is 6.92 Å². The van der Waals surface area contributed by atoms with E-state index in [1.54, 1.807) is 6.08 Å². The molecular formula is C25H36O5. The molecule has 8 atom stereocenters. The Morgan fingerprint density at radius 1 is 1.10 bits per heavy atom. The number of esters is 2. The zero-order valence-corrected chi connectivity index (χ0v) is 18.6. The fraction of sp³-hybridized carbons (Fsp3) is 0.840. The molecule has 5 aliphatic rings. The Kier molecular flexibility index (Phi) is 4.67. The van der Waals surface area contributed by atoms with E-state index in [0.717, 1.165) is 63.4 Å². The second-order valence-electron chi connectivity index (χ2n) is 11.3. The van der Waals surface area contributed by atoms with Crippen LogP contribution < -0.4 is 0 Å². The van der Waals surface area contributed by atoms with E-state index in [-0.39, 0.29) is 34.8 Å². The Bertz CT molecular complexity index is 788. The second-order valence-corrected chi connectivity index (χ2v) is 11.3. The molecule has 5 nitrogen and oxygen atoms in total. The summed E-state index contributed by atoms with van der Waals surface area (Å²) in [4.78, 5) is 23.1. The first-order valence-electron chi connectivity index (χ1n) is 11.9. The average molecular weight is 417 g/mol. The molecule has 0 unspecified atom stereocenters. The minimum Gasteiger partial charge on any atom is -0.463 e. The third-order valence-corrected chi connectivity index (χ3v) is 10.3. The fourth-order valence-corrected chi connectivity index (χ4v) is 8.71. The van der Waals surface area contributed by atoms with Gasteiger partial charge in [0.05, 0.1) is 5.60 Å². The third-order valence-electron chi connectivity index (χ3n) is 10.3. The minimum atomic E-state index is -0.659. The van der Waals surface area contributed by atoms with Gasteiger partial charge in [0, 0.05) is 18.4 Å². The SMILES string of the molecule is CC(=O)O[C@H]1CC[C@@]2(C)[C@H](CC[C@H]3[C@H]2CC[C@]2(C)[C@H](C4=CC(=O)OC4)CC[C@]32O)C1. The van der Waals surface area contributed by atoms with Crippen molar-refractivity contribution in [3.05, 3.63) is 11.6 Å². The molecule has 0 radical (unpaired) electrons. The molecule has 0 aromatic rings. The van der Waals surface area contributed by atoms with Crippen molar-refractivity contribution in [2.24, 2.45) is 34.5 Å². The van der Waals surface area contributed by atoms with Crippen LogP contribution in [0.2, 0.25) is 0 Å². The molecule has 1 heterocycles. The molecule has 5 rings (SSSR count). The highest BCUT2D eigenvalue weighted by atomic mass is 16.5. The average Bonchev–Trinajstić information content (AvgIpc) is 3.22. The summed E-state index contributed by atoms with van der Waals surface area (Å²) >= 11 is 0. The lowest BCUT2D eigenvalue weighted by Gasteiger charge is -2.63. The predicted octanol–water partition coefficient (Wildman–Crippen LogP) is 4.18. The van der Waals surface area contributed by atoms with Crippen molar-refractivity contribution in [3.63, 3.8) is 0 Å². The summed E-state index contributed by atoms with van der Waals surface area (Å²) in [6.07, 6.45) is 10.9. The maximum Gasteiger partial charge on any atom is 0.331 e. The summed E-state index contributed by atoms with van der Waals surface area (Å²) in [5.74, 6) is 1.29. The smallest absolute Gasteiger partial charge is 0.331 e. The zero-order chi connectivity index (χ0) is 21.3. The highest BCUT2D eigenvalue weighted by molar-refractivity contribution is 5.85. The number of hydrogen-bond acceptors (Lipinski definition) is 5. The van der Waals surface area contributed by atoms with Crippen LogP contribution in [-0.2, 0) is 19.1 Å². The summed E-state index contributed by atoms with van der Waals surface area (Å²) in [5, 5.41) is 12.2. The molecule has 0 aromatic heterocycles. The number of rotatable bonds is 2. The quantitative estimate of drug-likeness (QED) is 0.684. The number of hydrogen-bond donors (Lipinski definition) is 1. The summed E-state index contributed by atoms with van der Waals surface area (Å²) in [7, 11) is 0. The molecule has 0 saturated heterocycles. The fourth-order valence-electron chi connectivity index (χ4n) is 8.71. The number of aliphatic hydroxyl groups is 1. The van der Waals surface area contributed by atoms with Gasteiger partial charge in [-0.15, -0.1) is 0 Å². The maximum atomic E-state index is 12.2. The van der Waals surface area contributed by atoms with Gasteiger partial charge in [-0.05, 0) is 92.4 Å². The molecule has 0 spiro atoms. The van der Waals surface area contributed by atoms with Gasteiger partial charge in [0.2, 0.25) is 0 Å². The monoisotopic (exact) mass is 416 g/mol. The van der Waals surface area contributed by atoms with Crippen LogP contribution in [0.5, 0.6) is 0 Å². The van der Waals surface area contributed by atoms with Crippen LogP contribution in [0.4, 0.5) is 0 Å². The molecule has 4 aliphatic carbocycles. The summed E-state index contributed by atoms with van der Waals surface area (Å²) in [6.45, 7) is 6.64. The Labute approximate surface area is 179 Å². The largest absolute Gasteiger partial charge is 0.463 e. The summed E-state index contributed by atoms with van der Waals surface area (Å²) in [5.41, 5.74) is 0.485. The van der Waals surface area contributed by atoms with E-state index in [9.17, 15) is 14.7 Å². The van der Waals surface area contributed by atoms with Gasteiger partial charge in [0.1, 0.15) is 12.7 Å². The third kappa shape index (κ3) is 2.76. The minimum absolute atomic E-state index is 0.0665.